The minimum absolute atomic E-state index is 0.186. The van der Waals surface area contributed by atoms with E-state index in [1.54, 1.807) is 12.4 Å². The third kappa shape index (κ3) is 4.44. The first-order valence-electron chi connectivity index (χ1n) is 9.85. The molecule has 1 aliphatic rings. The second-order valence-corrected chi connectivity index (χ2v) is 7.19. The van der Waals surface area contributed by atoms with Gasteiger partial charge in [-0.2, -0.15) is 4.98 Å². The normalized spacial score (nSPS) is 13.9. The largest absolute Gasteiger partial charge is 0.342 e. The molecule has 28 heavy (non-hydrogen) atoms. The van der Waals surface area contributed by atoms with Crippen molar-refractivity contribution in [2.45, 2.75) is 32.1 Å². The van der Waals surface area contributed by atoms with Crippen LogP contribution in [0.3, 0.4) is 0 Å². The maximum absolute atomic E-state index is 12.8. The Balaban J connectivity index is 1.39. The molecule has 2 aromatic heterocycles. The van der Waals surface area contributed by atoms with Gasteiger partial charge in [-0.25, -0.2) is 0 Å². The van der Waals surface area contributed by atoms with E-state index in [9.17, 15) is 4.79 Å². The predicted octanol–water partition coefficient (Wildman–Crippen LogP) is 3.55. The lowest BCUT2D eigenvalue weighted by atomic mass is 9.84. The van der Waals surface area contributed by atoms with E-state index in [0.29, 0.717) is 31.2 Å². The van der Waals surface area contributed by atoms with E-state index in [1.807, 2.05) is 35.2 Å². The molecule has 0 N–H and O–H groups in total. The van der Waals surface area contributed by atoms with Crippen molar-refractivity contribution in [3.8, 4) is 11.4 Å². The average molecular weight is 376 g/mol. The Morgan fingerprint density at radius 3 is 2.50 bits per heavy atom. The molecule has 0 aliphatic heterocycles. The Bertz CT molecular complexity index is 891. The highest BCUT2D eigenvalue weighted by molar-refractivity contribution is 5.79. The Morgan fingerprint density at radius 2 is 1.79 bits per heavy atom. The van der Waals surface area contributed by atoms with Crippen LogP contribution in [-0.4, -0.2) is 39.0 Å². The molecular formula is C22H24N4O2. The molecule has 6 heteroatoms. The molecule has 1 aromatic carbocycles. The smallest absolute Gasteiger partial charge is 0.228 e. The van der Waals surface area contributed by atoms with Crippen LogP contribution in [0, 0.1) is 5.92 Å². The van der Waals surface area contributed by atoms with E-state index in [-0.39, 0.29) is 11.8 Å². The predicted molar refractivity (Wildman–Crippen MR) is 105 cm³/mol. The van der Waals surface area contributed by atoms with Crippen molar-refractivity contribution in [3.05, 3.63) is 66.3 Å². The standard InChI is InChI=1S/C22H24N4O2/c27-22(19-7-4-8-19)26(15-11-17-5-2-1-3-6-17)16-12-20-24-21(25-28-20)18-9-13-23-14-10-18/h1-3,5-6,9-10,13-14,19H,4,7-8,11-12,15-16H2. The number of aromatic nitrogens is 3. The van der Waals surface area contributed by atoms with Crippen molar-refractivity contribution in [2.75, 3.05) is 13.1 Å². The number of hydrogen-bond donors (Lipinski definition) is 0. The first-order valence-corrected chi connectivity index (χ1v) is 9.85. The number of benzene rings is 1. The van der Waals surface area contributed by atoms with Gasteiger partial charge in [0.25, 0.3) is 0 Å². The molecule has 0 unspecified atom stereocenters. The summed E-state index contributed by atoms with van der Waals surface area (Å²) in [7, 11) is 0. The van der Waals surface area contributed by atoms with Gasteiger partial charge in [0.2, 0.25) is 17.6 Å². The summed E-state index contributed by atoms with van der Waals surface area (Å²) in [6.45, 7) is 1.31. The van der Waals surface area contributed by atoms with Gasteiger partial charge in [-0.3, -0.25) is 9.78 Å². The highest BCUT2D eigenvalue weighted by Crippen LogP contribution is 2.28. The molecule has 4 rings (SSSR count). The van der Waals surface area contributed by atoms with E-state index < -0.39 is 0 Å². The van der Waals surface area contributed by atoms with Crippen molar-refractivity contribution in [3.63, 3.8) is 0 Å². The van der Waals surface area contributed by atoms with E-state index in [4.69, 9.17) is 4.52 Å². The van der Waals surface area contributed by atoms with E-state index in [1.165, 1.54) is 5.56 Å². The first-order chi connectivity index (χ1) is 13.8. The van der Waals surface area contributed by atoms with Crippen LogP contribution in [0.1, 0.15) is 30.7 Å². The number of nitrogens with zero attached hydrogens (tertiary/aromatic N) is 4. The van der Waals surface area contributed by atoms with E-state index in [2.05, 4.69) is 27.3 Å². The van der Waals surface area contributed by atoms with Crippen molar-refractivity contribution >= 4 is 5.91 Å². The van der Waals surface area contributed by atoms with Gasteiger partial charge in [-0.05, 0) is 37.0 Å². The average Bonchev–Trinajstić information content (AvgIpc) is 3.17. The number of rotatable bonds is 8. The molecule has 2 heterocycles. The number of pyridine rings is 1. The molecule has 6 nitrogen and oxygen atoms in total. The fourth-order valence-electron chi connectivity index (χ4n) is 3.36. The topological polar surface area (TPSA) is 72.1 Å². The third-order valence-corrected chi connectivity index (χ3v) is 5.28. The maximum Gasteiger partial charge on any atom is 0.228 e. The van der Waals surface area contributed by atoms with E-state index in [0.717, 1.165) is 31.2 Å². The summed E-state index contributed by atoms with van der Waals surface area (Å²) in [5, 5.41) is 4.05. The molecule has 1 saturated carbocycles. The second kappa shape index (κ2) is 8.78. The van der Waals surface area contributed by atoms with Crippen molar-refractivity contribution < 1.29 is 9.32 Å². The molecule has 0 spiro atoms. The summed E-state index contributed by atoms with van der Waals surface area (Å²) in [6.07, 6.45) is 7.99. The van der Waals surface area contributed by atoms with Gasteiger partial charge in [-0.15, -0.1) is 0 Å². The highest BCUT2D eigenvalue weighted by Gasteiger charge is 2.29. The third-order valence-electron chi connectivity index (χ3n) is 5.28. The summed E-state index contributed by atoms with van der Waals surface area (Å²) in [5.74, 6) is 1.55. The van der Waals surface area contributed by atoms with Gasteiger partial charge in [0.15, 0.2) is 0 Å². The van der Waals surface area contributed by atoms with Gasteiger partial charge < -0.3 is 9.42 Å². The zero-order valence-corrected chi connectivity index (χ0v) is 15.8. The molecular weight excluding hydrogens is 352 g/mol. The summed E-state index contributed by atoms with van der Waals surface area (Å²) in [4.78, 5) is 23.3. The molecule has 0 saturated heterocycles. The van der Waals surface area contributed by atoms with Crippen molar-refractivity contribution in [1.82, 2.24) is 20.0 Å². The summed E-state index contributed by atoms with van der Waals surface area (Å²) < 4.78 is 5.39. The van der Waals surface area contributed by atoms with Crippen LogP contribution >= 0.6 is 0 Å². The Labute approximate surface area is 164 Å². The van der Waals surface area contributed by atoms with Crippen LogP contribution in [0.15, 0.2) is 59.4 Å². The molecule has 1 amide bonds. The van der Waals surface area contributed by atoms with Crippen LogP contribution in [0.5, 0.6) is 0 Å². The summed E-state index contributed by atoms with van der Waals surface area (Å²) in [5.41, 5.74) is 2.11. The maximum atomic E-state index is 12.8. The molecule has 1 aliphatic carbocycles. The lowest BCUT2D eigenvalue weighted by Crippen LogP contribution is -2.41. The quantitative estimate of drug-likeness (QED) is 0.601. The zero-order valence-electron chi connectivity index (χ0n) is 15.8. The van der Waals surface area contributed by atoms with Crippen LogP contribution in [0.25, 0.3) is 11.4 Å². The van der Waals surface area contributed by atoms with Crippen LogP contribution in [0.4, 0.5) is 0 Å². The van der Waals surface area contributed by atoms with Crippen LogP contribution < -0.4 is 0 Å². The minimum atomic E-state index is 0.186. The molecule has 1 fully saturated rings. The Kier molecular flexibility index (Phi) is 5.75. The summed E-state index contributed by atoms with van der Waals surface area (Å²) >= 11 is 0. The van der Waals surface area contributed by atoms with Gasteiger partial charge in [0.05, 0.1) is 0 Å². The minimum Gasteiger partial charge on any atom is -0.342 e. The van der Waals surface area contributed by atoms with Crippen LogP contribution in [0.2, 0.25) is 0 Å². The van der Waals surface area contributed by atoms with Crippen molar-refractivity contribution in [2.24, 2.45) is 5.92 Å². The monoisotopic (exact) mass is 376 g/mol. The van der Waals surface area contributed by atoms with Crippen LogP contribution in [-0.2, 0) is 17.6 Å². The molecule has 144 valence electrons. The second-order valence-electron chi connectivity index (χ2n) is 7.19. The van der Waals surface area contributed by atoms with Gasteiger partial charge in [0, 0.05) is 43.4 Å². The van der Waals surface area contributed by atoms with Crippen molar-refractivity contribution in [1.29, 1.82) is 0 Å². The Hall–Kier alpha value is -3.02. The lowest BCUT2D eigenvalue weighted by molar-refractivity contribution is -0.138. The first kappa shape index (κ1) is 18.3. The molecule has 0 bridgehead atoms. The molecule has 0 radical (unpaired) electrons. The zero-order chi connectivity index (χ0) is 19.2. The van der Waals surface area contributed by atoms with Gasteiger partial charge >= 0.3 is 0 Å². The number of carbonyl (C=O) groups excluding carboxylic acids is 1. The lowest BCUT2D eigenvalue weighted by Gasteiger charge is -2.31. The summed E-state index contributed by atoms with van der Waals surface area (Å²) in [6, 6.07) is 14.0. The van der Waals surface area contributed by atoms with Gasteiger partial charge in [0.1, 0.15) is 0 Å². The fourth-order valence-corrected chi connectivity index (χ4v) is 3.36. The number of hydrogen-bond acceptors (Lipinski definition) is 5. The fraction of sp³-hybridized carbons (Fsp3) is 0.364. The SMILES string of the molecule is O=C(C1CCC1)N(CCc1ccccc1)CCc1nc(-c2ccncc2)no1. The van der Waals surface area contributed by atoms with E-state index >= 15 is 0 Å². The highest BCUT2D eigenvalue weighted by atomic mass is 16.5. The molecule has 0 atom stereocenters. The molecule has 3 aromatic rings. The number of carbonyl (C=O) groups is 1. The van der Waals surface area contributed by atoms with Gasteiger partial charge in [-0.1, -0.05) is 41.9 Å². The Morgan fingerprint density at radius 1 is 1.04 bits per heavy atom. The number of amides is 1.